The number of amides is 2. The van der Waals surface area contributed by atoms with Crippen molar-refractivity contribution in [3.63, 3.8) is 0 Å². The van der Waals surface area contributed by atoms with E-state index in [1.165, 1.54) is 0 Å². The van der Waals surface area contributed by atoms with Gasteiger partial charge in [0.15, 0.2) is 11.5 Å². The fourth-order valence-electron chi connectivity index (χ4n) is 3.83. The van der Waals surface area contributed by atoms with Crippen LogP contribution in [0.25, 0.3) is 0 Å². The Kier molecular flexibility index (Phi) is 9.82. The van der Waals surface area contributed by atoms with E-state index in [0.717, 1.165) is 12.0 Å². The van der Waals surface area contributed by atoms with E-state index < -0.39 is 0 Å². The van der Waals surface area contributed by atoms with E-state index in [0.29, 0.717) is 47.4 Å². The third-order valence-electron chi connectivity index (χ3n) is 6.18. The Labute approximate surface area is 217 Å². The molecule has 0 saturated heterocycles. The van der Waals surface area contributed by atoms with Gasteiger partial charge in [-0.1, -0.05) is 24.6 Å². The molecule has 1 unspecified atom stereocenters. The lowest BCUT2D eigenvalue weighted by Crippen LogP contribution is -2.46. The Morgan fingerprint density at radius 2 is 1.75 bits per heavy atom. The van der Waals surface area contributed by atoms with E-state index in [1.807, 2.05) is 38.1 Å². The van der Waals surface area contributed by atoms with Gasteiger partial charge in [-0.05, 0) is 73.9 Å². The zero-order valence-corrected chi connectivity index (χ0v) is 22.0. The summed E-state index contributed by atoms with van der Waals surface area (Å²) in [6, 6.07) is 15.9. The second kappa shape index (κ2) is 13.0. The molecule has 3 rings (SSSR count). The van der Waals surface area contributed by atoms with Crippen LogP contribution in [-0.2, 0) is 17.8 Å². The molecule has 0 aliphatic heterocycles. The third kappa shape index (κ3) is 7.04. The van der Waals surface area contributed by atoms with Crippen LogP contribution in [0.2, 0.25) is 5.02 Å². The predicted octanol–water partition coefficient (Wildman–Crippen LogP) is 5.46. The number of ether oxygens (including phenoxy) is 2. The highest BCUT2D eigenvalue weighted by Crippen LogP contribution is 2.28. The predicted molar refractivity (Wildman–Crippen MR) is 140 cm³/mol. The van der Waals surface area contributed by atoms with Crippen LogP contribution < -0.4 is 9.47 Å². The molecule has 7 nitrogen and oxygen atoms in total. The molecule has 3 aromatic rings. The van der Waals surface area contributed by atoms with Crippen molar-refractivity contribution in [2.24, 2.45) is 0 Å². The second-order valence-corrected chi connectivity index (χ2v) is 8.97. The Bertz CT molecular complexity index is 1130. The number of carbonyl (C=O) groups is 2. The number of hydrogen-bond acceptors (Lipinski definition) is 5. The van der Waals surface area contributed by atoms with E-state index in [2.05, 4.69) is 0 Å². The van der Waals surface area contributed by atoms with Gasteiger partial charge in [-0.25, -0.2) is 0 Å². The van der Waals surface area contributed by atoms with Crippen molar-refractivity contribution in [1.29, 1.82) is 0 Å². The number of halogens is 1. The molecule has 0 saturated carbocycles. The quantitative estimate of drug-likeness (QED) is 0.322. The van der Waals surface area contributed by atoms with Crippen molar-refractivity contribution >= 4 is 23.4 Å². The summed E-state index contributed by atoms with van der Waals surface area (Å²) in [5, 5.41) is 0.553. The first-order valence-corrected chi connectivity index (χ1v) is 12.3. The van der Waals surface area contributed by atoms with E-state index in [-0.39, 0.29) is 24.4 Å². The Hall–Kier alpha value is -3.45. The van der Waals surface area contributed by atoms with Gasteiger partial charge in [-0.3, -0.25) is 9.59 Å². The Morgan fingerprint density at radius 3 is 2.36 bits per heavy atom. The molecule has 0 radical (unpaired) electrons. The molecule has 0 aliphatic rings. The van der Waals surface area contributed by atoms with Gasteiger partial charge in [0.2, 0.25) is 5.91 Å². The molecular formula is C28H33ClN2O5. The third-order valence-corrected chi connectivity index (χ3v) is 6.43. The normalized spacial score (nSPS) is 11.6. The van der Waals surface area contributed by atoms with E-state index >= 15 is 0 Å². The maximum absolute atomic E-state index is 13.6. The molecule has 1 aromatic heterocycles. The van der Waals surface area contributed by atoms with Crippen molar-refractivity contribution in [1.82, 2.24) is 9.80 Å². The summed E-state index contributed by atoms with van der Waals surface area (Å²) in [4.78, 5) is 30.2. The maximum Gasteiger partial charge on any atom is 0.254 e. The number of furan rings is 1. The molecule has 0 bridgehead atoms. The highest BCUT2D eigenvalue weighted by molar-refractivity contribution is 6.30. The monoisotopic (exact) mass is 512 g/mol. The first-order chi connectivity index (χ1) is 17.4. The molecule has 36 heavy (non-hydrogen) atoms. The molecule has 0 aliphatic carbocycles. The van der Waals surface area contributed by atoms with Gasteiger partial charge in [0.1, 0.15) is 12.3 Å². The van der Waals surface area contributed by atoms with Crippen molar-refractivity contribution in [3.05, 3.63) is 82.8 Å². The zero-order chi connectivity index (χ0) is 26.1. The summed E-state index contributed by atoms with van der Waals surface area (Å²) >= 11 is 5.99. The lowest BCUT2D eigenvalue weighted by molar-refractivity contribution is -0.133. The average Bonchev–Trinajstić information content (AvgIpc) is 3.42. The Morgan fingerprint density at radius 1 is 1.03 bits per heavy atom. The number of rotatable bonds is 12. The van der Waals surface area contributed by atoms with Crippen LogP contribution in [0.5, 0.6) is 11.5 Å². The van der Waals surface area contributed by atoms with Gasteiger partial charge in [-0.2, -0.15) is 0 Å². The SMILES string of the molecule is CCC(C)N(CC(=O)N(CCc1ccc(OC)c(OC)c1)Cc1ccco1)C(=O)c1ccc(Cl)cc1. The van der Waals surface area contributed by atoms with Crippen LogP contribution in [0.3, 0.4) is 0 Å². The number of methoxy groups -OCH3 is 2. The molecule has 2 amide bonds. The minimum Gasteiger partial charge on any atom is -0.493 e. The fraction of sp³-hybridized carbons (Fsp3) is 0.357. The molecule has 192 valence electrons. The lowest BCUT2D eigenvalue weighted by Gasteiger charge is -2.31. The summed E-state index contributed by atoms with van der Waals surface area (Å²) in [5.74, 6) is 1.60. The lowest BCUT2D eigenvalue weighted by atomic mass is 10.1. The van der Waals surface area contributed by atoms with Crippen molar-refractivity contribution in [3.8, 4) is 11.5 Å². The largest absolute Gasteiger partial charge is 0.493 e. The summed E-state index contributed by atoms with van der Waals surface area (Å²) in [6.45, 7) is 4.65. The number of nitrogens with zero attached hydrogens (tertiary/aromatic N) is 2. The van der Waals surface area contributed by atoms with E-state index in [9.17, 15) is 9.59 Å². The van der Waals surface area contributed by atoms with Crippen LogP contribution in [0, 0.1) is 0 Å². The van der Waals surface area contributed by atoms with Gasteiger partial charge in [0.05, 0.1) is 27.0 Å². The highest BCUT2D eigenvalue weighted by Gasteiger charge is 2.26. The van der Waals surface area contributed by atoms with Crippen molar-refractivity contribution in [2.75, 3.05) is 27.3 Å². The maximum atomic E-state index is 13.6. The van der Waals surface area contributed by atoms with Crippen molar-refractivity contribution < 1.29 is 23.5 Å². The van der Waals surface area contributed by atoms with Gasteiger partial charge < -0.3 is 23.7 Å². The zero-order valence-electron chi connectivity index (χ0n) is 21.2. The number of hydrogen-bond donors (Lipinski definition) is 0. The molecular weight excluding hydrogens is 480 g/mol. The number of benzene rings is 2. The average molecular weight is 513 g/mol. The van der Waals surface area contributed by atoms with Gasteiger partial charge >= 0.3 is 0 Å². The molecule has 1 heterocycles. The van der Waals surface area contributed by atoms with Crippen LogP contribution in [-0.4, -0.2) is 55.0 Å². The highest BCUT2D eigenvalue weighted by atomic mass is 35.5. The summed E-state index contributed by atoms with van der Waals surface area (Å²) in [7, 11) is 3.19. The molecule has 2 aromatic carbocycles. The fourth-order valence-corrected chi connectivity index (χ4v) is 3.96. The molecule has 0 N–H and O–H groups in total. The number of carbonyl (C=O) groups excluding carboxylic acids is 2. The topological polar surface area (TPSA) is 72.2 Å². The minimum atomic E-state index is -0.202. The summed E-state index contributed by atoms with van der Waals surface area (Å²) in [6.07, 6.45) is 2.90. The van der Waals surface area contributed by atoms with Crippen LogP contribution >= 0.6 is 11.6 Å². The second-order valence-electron chi connectivity index (χ2n) is 8.53. The van der Waals surface area contributed by atoms with Gasteiger partial charge in [0, 0.05) is 23.2 Å². The summed E-state index contributed by atoms with van der Waals surface area (Å²) in [5.41, 5.74) is 1.50. The van der Waals surface area contributed by atoms with E-state index in [1.54, 1.807) is 60.6 Å². The smallest absolute Gasteiger partial charge is 0.254 e. The van der Waals surface area contributed by atoms with Crippen LogP contribution in [0.15, 0.2) is 65.3 Å². The molecule has 8 heteroatoms. The van der Waals surface area contributed by atoms with Crippen molar-refractivity contribution in [2.45, 2.75) is 39.3 Å². The first kappa shape index (κ1) is 27.1. The van der Waals surface area contributed by atoms with Crippen LogP contribution in [0.1, 0.15) is 41.9 Å². The standard InChI is InChI=1S/C28H33ClN2O5/c1-5-20(2)31(28(33)22-9-11-23(29)12-10-22)19-27(32)30(18-24-7-6-16-36-24)15-14-21-8-13-25(34-3)26(17-21)35-4/h6-13,16-17,20H,5,14-15,18-19H2,1-4H3. The van der Waals surface area contributed by atoms with Crippen LogP contribution in [0.4, 0.5) is 0 Å². The van der Waals surface area contributed by atoms with Gasteiger partial charge in [-0.15, -0.1) is 0 Å². The summed E-state index contributed by atoms with van der Waals surface area (Å²) < 4.78 is 16.2. The molecule has 0 spiro atoms. The van der Waals surface area contributed by atoms with E-state index in [4.69, 9.17) is 25.5 Å². The Balaban J connectivity index is 1.79. The van der Waals surface area contributed by atoms with Gasteiger partial charge in [0.25, 0.3) is 5.91 Å². The minimum absolute atomic E-state index is 0.0386. The molecule has 0 fully saturated rings. The first-order valence-electron chi connectivity index (χ1n) is 11.9. The molecule has 1 atom stereocenters.